The minimum Gasteiger partial charge on any atom is -0.476 e. The van der Waals surface area contributed by atoms with Crippen LogP contribution in [0, 0.1) is 0 Å². The molecule has 0 saturated heterocycles. The van der Waals surface area contributed by atoms with Gasteiger partial charge in [-0.2, -0.15) is 0 Å². The van der Waals surface area contributed by atoms with Crippen LogP contribution in [0.1, 0.15) is 47.0 Å². The number of aliphatic imine (C=N–C) groups is 1. The summed E-state index contributed by atoms with van der Waals surface area (Å²) in [6.07, 6.45) is 3.14. The first kappa shape index (κ1) is 22.6. The van der Waals surface area contributed by atoms with Crippen molar-refractivity contribution < 1.29 is 14.7 Å². The topological polar surface area (TPSA) is 108 Å². The van der Waals surface area contributed by atoms with Gasteiger partial charge < -0.3 is 21.1 Å². The van der Waals surface area contributed by atoms with Crippen molar-refractivity contribution in [1.82, 2.24) is 4.90 Å². The molecule has 7 nitrogen and oxygen atoms in total. The van der Waals surface area contributed by atoms with Gasteiger partial charge in [0.25, 0.3) is 5.91 Å². The number of para-hydroxylation sites is 2. The monoisotopic (exact) mass is 376 g/mol. The summed E-state index contributed by atoms with van der Waals surface area (Å²) >= 11 is 0. The maximum absolute atomic E-state index is 11.3. The summed E-state index contributed by atoms with van der Waals surface area (Å²) in [5.41, 5.74) is 5.49. The molecule has 4 N–H and O–H groups in total. The highest BCUT2D eigenvalue weighted by molar-refractivity contribution is 6.63. The minimum atomic E-state index is -1.44. The van der Waals surface area contributed by atoms with Crippen LogP contribution in [0.2, 0.25) is 0 Å². The number of amides is 1. The molecule has 0 aromatic heterocycles. The molecular formula is C20H32N4O3. The summed E-state index contributed by atoms with van der Waals surface area (Å²) in [7, 11) is 2.14. The van der Waals surface area contributed by atoms with Crippen molar-refractivity contribution in [2.45, 2.75) is 65.1 Å². The molecule has 2 atom stereocenters. The summed E-state index contributed by atoms with van der Waals surface area (Å²) in [4.78, 5) is 28.8. The number of hydrogen-bond donors (Lipinski definition) is 3. The molecule has 0 aliphatic carbocycles. The number of anilines is 1. The molecule has 150 valence electrons. The second-order valence-corrected chi connectivity index (χ2v) is 7.13. The Morgan fingerprint density at radius 3 is 2.41 bits per heavy atom. The number of carbonyl (C=O) groups is 2. The summed E-state index contributed by atoms with van der Waals surface area (Å²) in [5, 5.41) is 12.5. The molecule has 27 heavy (non-hydrogen) atoms. The molecule has 1 aromatic rings. The van der Waals surface area contributed by atoms with E-state index in [4.69, 9.17) is 10.8 Å². The van der Waals surface area contributed by atoms with Gasteiger partial charge in [0, 0.05) is 18.1 Å². The molecule has 0 aliphatic rings. The Hall–Kier alpha value is -2.41. The number of nitrogens with one attached hydrogen (secondary N) is 1. The molecule has 1 amide bonds. The van der Waals surface area contributed by atoms with E-state index < -0.39 is 17.6 Å². The Labute approximate surface area is 161 Å². The number of benzene rings is 1. The summed E-state index contributed by atoms with van der Waals surface area (Å²) < 4.78 is 0. The van der Waals surface area contributed by atoms with Crippen molar-refractivity contribution >= 4 is 29.0 Å². The van der Waals surface area contributed by atoms with Crippen molar-refractivity contribution in [2.24, 2.45) is 10.7 Å². The Balaban J connectivity index is 3.00. The molecule has 0 unspecified atom stereocenters. The molecule has 0 fully saturated rings. The molecule has 0 bridgehead atoms. The molecule has 1 rings (SSSR count). The highest BCUT2D eigenvalue weighted by Gasteiger charge is 2.20. The fourth-order valence-corrected chi connectivity index (χ4v) is 3.00. The normalized spacial score (nSPS) is 14.3. The molecule has 1 aromatic carbocycles. The fourth-order valence-electron chi connectivity index (χ4n) is 3.00. The minimum absolute atomic E-state index is 0.140. The second kappa shape index (κ2) is 10.7. The highest BCUT2D eigenvalue weighted by Crippen LogP contribution is 2.26. The Morgan fingerprint density at radius 2 is 1.89 bits per heavy atom. The van der Waals surface area contributed by atoms with E-state index in [-0.39, 0.29) is 6.04 Å². The van der Waals surface area contributed by atoms with Crippen LogP contribution in [0.5, 0.6) is 0 Å². The van der Waals surface area contributed by atoms with Gasteiger partial charge >= 0.3 is 5.97 Å². The van der Waals surface area contributed by atoms with Gasteiger partial charge in [0.1, 0.15) is 0 Å². The zero-order valence-electron chi connectivity index (χ0n) is 16.9. The molecule has 0 saturated carbocycles. The largest absolute Gasteiger partial charge is 0.476 e. The zero-order chi connectivity index (χ0) is 20.6. The number of primary amides is 1. The van der Waals surface area contributed by atoms with Crippen molar-refractivity contribution in [3.8, 4) is 0 Å². The van der Waals surface area contributed by atoms with Gasteiger partial charge in [-0.05, 0) is 52.8 Å². The standard InChI is InChI=1S/C20H32N4O3/c1-6-9-15(24(5)13(2)3)12-14(4)22-16-10-7-8-11-17(16)23-18(19(21)25)20(26)27/h7-8,10-11,13-15,22H,6,9,12H2,1-5H3,(H2,21,25)(H,26,27)/t14-,15-/m0/s1. The lowest BCUT2D eigenvalue weighted by Crippen LogP contribution is -2.40. The van der Waals surface area contributed by atoms with E-state index in [1.807, 2.05) is 12.1 Å². The fraction of sp³-hybridized carbons (Fsp3) is 0.550. The van der Waals surface area contributed by atoms with Crippen molar-refractivity contribution in [1.29, 1.82) is 0 Å². The Morgan fingerprint density at radius 1 is 1.26 bits per heavy atom. The first-order chi connectivity index (χ1) is 12.7. The van der Waals surface area contributed by atoms with Gasteiger partial charge in [0.15, 0.2) is 0 Å². The number of hydrogen-bond acceptors (Lipinski definition) is 5. The molecule has 0 aliphatic heterocycles. The van der Waals surface area contributed by atoms with Gasteiger partial charge in [-0.3, -0.25) is 4.79 Å². The third-order valence-electron chi connectivity index (χ3n) is 4.61. The Kier molecular flexibility index (Phi) is 8.94. The van der Waals surface area contributed by atoms with Crippen LogP contribution < -0.4 is 11.1 Å². The van der Waals surface area contributed by atoms with Crippen LogP contribution in [0.3, 0.4) is 0 Å². The first-order valence-corrected chi connectivity index (χ1v) is 9.36. The van der Waals surface area contributed by atoms with E-state index in [0.717, 1.165) is 19.3 Å². The third kappa shape index (κ3) is 7.02. The maximum atomic E-state index is 11.3. The lowest BCUT2D eigenvalue weighted by Gasteiger charge is -2.33. The van der Waals surface area contributed by atoms with Gasteiger partial charge in [0.05, 0.1) is 11.4 Å². The van der Waals surface area contributed by atoms with Crippen LogP contribution in [0.4, 0.5) is 11.4 Å². The number of nitrogens with two attached hydrogens (primary N) is 1. The van der Waals surface area contributed by atoms with E-state index in [2.05, 4.69) is 50.0 Å². The van der Waals surface area contributed by atoms with Crippen LogP contribution in [0.25, 0.3) is 0 Å². The van der Waals surface area contributed by atoms with E-state index in [0.29, 0.717) is 23.5 Å². The van der Waals surface area contributed by atoms with Crippen LogP contribution in [-0.2, 0) is 9.59 Å². The number of rotatable bonds is 11. The number of carboxylic acids is 1. The molecule has 0 heterocycles. The van der Waals surface area contributed by atoms with Crippen molar-refractivity contribution in [3.05, 3.63) is 24.3 Å². The number of aliphatic carboxylic acids is 1. The maximum Gasteiger partial charge on any atom is 0.360 e. The molecular weight excluding hydrogens is 344 g/mol. The summed E-state index contributed by atoms with van der Waals surface area (Å²) in [6, 6.07) is 8.08. The van der Waals surface area contributed by atoms with Crippen molar-refractivity contribution in [2.75, 3.05) is 12.4 Å². The zero-order valence-corrected chi connectivity index (χ0v) is 16.9. The molecule has 7 heteroatoms. The average molecular weight is 377 g/mol. The van der Waals surface area contributed by atoms with Crippen LogP contribution in [0.15, 0.2) is 29.3 Å². The van der Waals surface area contributed by atoms with Gasteiger partial charge in [-0.15, -0.1) is 0 Å². The Bertz CT molecular complexity index is 657. The lowest BCUT2D eigenvalue weighted by molar-refractivity contribution is -0.130. The van der Waals surface area contributed by atoms with E-state index >= 15 is 0 Å². The first-order valence-electron chi connectivity index (χ1n) is 9.36. The molecule has 0 spiro atoms. The van der Waals surface area contributed by atoms with Crippen LogP contribution in [-0.4, -0.2) is 52.8 Å². The predicted molar refractivity (Wildman–Crippen MR) is 110 cm³/mol. The summed E-state index contributed by atoms with van der Waals surface area (Å²) in [6.45, 7) is 8.63. The van der Waals surface area contributed by atoms with E-state index in [9.17, 15) is 9.59 Å². The number of nitrogens with zero attached hydrogens (tertiary/aromatic N) is 2. The van der Waals surface area contributed by atoms with Crippen LogP contribution >= 0.6 is 0 Å². The third-order valence-corrected chi connectivity index (χ3v) is 4.61. The summed E-state index contributed by atoms with van der Waals surface area (Å²) in [5.74, 6) is -2.50. The number of carbonyl (C=O) groups excluding carboxylic acids is 1. The highest BCUT2D eigenvalue weighted by atomic mass is 16.4. The van der Waals surface area contributed by atoms with Crippen molar-refractivity contribution in [3.63, 3.8) is 0 Å². The second-order valence-electron chi connectivity index (χ2n) is 7.13. The average Bonchev–Trinajstić information content (AvgIpc) is 2.59. The quantitative estimate of drug-likeness (QED) is 0.406. The predicted octanol–water partition coefficient (Wildman–Crippen LogP) is 3.03. The SMILES string of the molecule is CCC[C@@H](C[C@H](C)Nc1ccccc1N=C(C(N)=O)C(=O)O)N(C)C(C)C. The smallest absolute Gasteiger partial charge is 0.360 e. The lowest BCUT2D eigenvalue weighted by atomic mass is 10.0. The van der Waals surface area contributed by atoms with Gasteiger partial charge in [-0.25, -0.2) is 9.79 Å². The van der Waals surface area contributed by atoms with E-state index in [1.165, 1.54) is 0 Å². The number of carboxylic acid groups (broad SMARTS) is 1. The molecule has 0 radical (unpaired) electrons. The van der Waals surface area contributed by atoms with Gasteiger partial charge in [0.2, 0.25) is 5.71 Å². The van der Waals surface area contributed by atoms with E-state index in [1.54, 1.807) is 12.1 Å². The van der Waals surface area contributed by atoms with Gasteiger partial charge in [-0.1, -0.05) is 25.5 Å².